The molecule has 1 aromatic rings. The van der Waals surface area contributed by atoms with Crippen molar-refractivity contribution < 1.29 is 14.8 Å². The Hall–Kier alpha value is -1.40. The van der Waals surface area contributed by atoms with Crippen molar-refractivity contribution in [3.63, 3.8) is 0 Å². The highest BCUT2D eigenvalue weighted by molar-refractivity contribution is 9.10. The summed E-state index contributed by atoms with van der Waals surface area (Å²) in [6.07, 6.45) is 4.31. The fraction of sp³-hybridized carbons (Fsp3) is 0.500. The number of hydroxylamine groups is 2. The van der Waals surface area contributed by atoms with E-state index in [1.165, 1.54) is 11.3 Å². The highest BCUT2D eigenvalue weighted by Crippen LogP contribution is 2.34. The first-order valence-electron chi connectivity index (χ1n) is 7.65. The maximum absolute atomic E-state index is 12.8. The van der Waals surface area contributed by atoms with E-state index in [4.69, 9.17) is 0 Å². The molecule has 22 heavy (non-hydrogen) atoms. The number of halogens is 1. The van der Waals surface area contributed by atoms with Gasteiger partial charge in [-0.3, -0.25) is 14.8 Å². The Kier molecular flexibility index (Phi) is 4.49. The minimum Gasteiger partial charge on any atom is -0.306 e. The van der Waals surface area contributed by atoms with Crippen molar-refractivity contribution in [2.45, 2.75) is 38.3 Å². The zero-order valence-electron chi connectivity index (χ0n) is 12.2. The second kappa shape index (κ2) is 6.38. The smallest absolute Gasteiger partial charge is 0.267 e. The van der Waals surface area contributed by atoms with E-state index in [1.807, 2.05) is 24.3 Å². The number of hydrogen-bond acceptors (Lipinski definition) is 3. The van der Waals surface area contributed by atoms with Crippen LogP contribution in [0.4, 0.5) is 0 Å². The number of amides is 2. The third-order valence-corrected chi connectivity index (χ3v) is 4.97. The summed E-state index contributed by atoms with van der Waals surface area (Å²) in [7, 11) is 0. The van der Waals surface area contributed by atoms with Gasteiger partial charge in [-0.15, -0.1) is 0 Å². The van der Waals surface area contributed by atoms with Crippen molar-refractivity contribution >= 4 is 27.7 Å². The Labute approximate surface area is 138 Å². The van der Waals surface area contributed by atoms with Gasteiger partial charge >= 0.3 is 0 Å². The Morgan fingerprint density at radius 1 is 1.23 bits per heavy atom. The van der Waals surface area contributed by atoms with Gasteiger partial charge in [-0.05, 0) is 30.5 Å². The monoisotopic (exact) mass is 366 g/mol. The lowest BCUT2D eigenvalue weighted by Gasteiger charge is -2.31. The normalized spacial score (nSPS) is 23.2. The average molecular weight is 367 g/mol. The Morgan fingerprint density at radius 3 is 2.64 bits per heavy atom. The quantitative estimate of drug-likeness (QED) is 0.818. The van der Waals surface area contributed by atoms with Crippen LogP contribution in [0.3, 0.4) is 0 Å². The van der Waals surface area contributed by atoms with Crippen LogP contribution < -0.4 is 0 Å². The molecule has 1 unspecified atom stereocenters. The van der Waals surface area contributed by atoms with Crippen LogP contribution in [0, 0.1) is 5.92 Å². The summed E-state index contributed by atoms with van der Waals surface area (Å²) in [4.78, 5) is 26.2. The molecule has 2 fully saturated rings. The lowest BCUT2D eigenvalue weighted by Crippen LogP contribution is -2.38. The zero-order chi connectivity index (χ0) is 15.7. The Bertz CT molecular complexity index is 587. The van der Waals surface area contributed by atoms with Crippen molar-refractivity contribution in [2.75, 3.05) is 6.54 Å². The number of nitrogens with zero attached hydrogens (tertiary/aromatic N) is 2. The fourth-order valence-corrected chi connectivity index (χ4v) is 3.76. The second-order valence-electron chi connectivity index (χ2n) is 5.97. The first kappa shape index (κ1) is 15.5. The van der Waals surface area contributed by atoms with Crippen LogP contribution in [-0.4, -0.2) is 33.5 Å². The SMILES string of the molecule is O=C1CN(C(=O)C2CCCCC2)C(c2cccc(Br)c2)N1O. The summed E-state index contributed by atoms with van der Waals surface area (Å²) in [5.41, 5.74) is 0.729. The van der Waals surface area contributed by atoms with Crippen LogP contribution >= 0.6 is 15.9 Å². The van der Waals surface area contributed by atoms with Crippen molar-refractivity contribution in [1.29, 1.82) is 0 Å². The summed E-state index contributed by atoms with van der Waals surface area (Å²) in [5.74, 6) is -0.480. The summed E-state index contributed by atoms with van der Waals surface area (Å²) >= 11 is 3.39. The van der Waals surface area contributed by atoms with Gasteiger partial charge in [-0.2, -0.15) is 5.06 Å². The molecule has 0 spiro atoms. The molecule has 1 aliphatic carbocycles. The minimum absolute atomic E-state index is 0.0189. The Morgan fingerprint density at radius 2 is 1.95 bits per heavy atom. The van der Waals surface area contributed by atoms with Gasteiger partial charge in [0.2, 0.25) is 5.91 Å². The molecule has 1 heterocycles. The van der Waals surface area contributed by atoms with Gasteiger partial charge in [0.25, 0.3) is 5.91 Å². The summed E-state index contributed by atoms with van der Waals surface area (Å²) < 4.78 is 0.850. The third-order valence-electron chi connectivity index (χ3n) is 4.47. The molecule has 1 N–H and O–H groups in total. The largest absolute Gasteiger partial charge is 0.306 e. The lowest BCUT2D eigenvalue weighted by atomic mass is 9.88. The van der Waals surface area contributed by atoms with E-state index in [2.05, 4.69) is 15.9 Å². The van der Waals surface area contributed by atoms with E-state index >= 15 is 0 Å². The first-order chi connectivity index (χ1) is 10.6. The average Bonchev–Trinajstić information content (AvgIpc) is 2.83. The number of carbonyl (C=O) groups is 2. The van der Waals surface area contributed by atoms with Crippen molar-refractivity contribution in [1.82, 2.24) is 9.96 Å². The summed E-state index contributed by atoms with van der Waals surface area (Å²) in [6, 6.07) is 7.35. The summed E-state index contributed by atoms with van der Waals surface area (Å²) in [5, 5.41) is 10.8. The molecule has 1 saturated heterocycles. The molecule has 5 nitrogen and oxygen atoms in total. The summed E-state index contributed by atoms with van der Waals surface area (Å²) in [6.45, 7) is -0.0526. The molecule has 0 aromatic heterocycles. The van der Waals surface area contributed by atoms with E-state index in [-0.39, 0.29) is 18.4 Å². The van der Waals surface area contributed by atoms with E-state index < -0.39 is 12.1 Å². The molecule has 118 valence electrons. The highest BCUT2D eigenvalue weighted by Gasteiger charge is 2.43. The molecular weight excluding hydrogens is 348 g/mol. The van der Waals surface area contributed by atoms with Crippen LogP contribution in [0.5, 0.6) is 0 Å². The van der Waals surface area contributed by atoms with Gasteiger partial charge in [0.05, 0.1) is 0 Å². The highest BCUT2D eigenvalue weighted by atomic mass is 79.9. The maximum Gasteiger partial charge on any atom is 0.267 e. The molecule has 1 aliphatic heterocycles. The molecule has 6 heteroatoms. The van der Waals surface area contributed by atoms with Crippen molar-refractivity contribution in [3.05, 3.63) is 34.3 Å². The van der Waals surface area contributed by atoms with Gasteiger partial charge in [0.15, 0.2) is 6.17 Å². The third kappa shape index (κ3) is 2.90. The van der Waals surface area contributed by atoms with E-state index in [0.717, 1.165) is 35.7 Å². The van der Waals surface area contributed by atoms with Crippen LogP contribution in [0.1, 0.15) is 43.8 Å². The molecular formula is C16H19BrN2O3. The van der Waals surface area contributed by atoms with Gasteiger partial charge < -0.3 is 4.90 Å². The molecule has 0 radical (unpaired) electrons. The molecule has 2 aliphatic rings. The molecule has 0 bridgehead atoms. The van der Waals surface area contributed by atoms with Crippen molar-refractivity contribution in [3.8, 4) is 0 Å². The number of benzene rings is 1. The molecule has 1 saturated carbocycles. The zero-order valence-corrected chi connectivity index (χ0v) is 13.8. The lowest BCUT2D eigenvalue weighted by molar-refractivity contribution is -0.173. The topological polar surface area (TPSA) is 60.9 Å². The van der Waals surface area contributed by atoms with Crippen LogP contribution in [0.2, 0.25) is 0 Å². The van der Waals surface area contributed by atoms with E-state index in [1.54, 1.807) is 0 Å². The molecule has 3 rings (SSSR count). The van der Waals surface area contributed by atoms with E-state index in [9.17, 15) is 14.8 Å². The van der Waals surface area contributed by atoms with Gasteiger partial charge in [-0.1, -0.05) is 47.3 Å². The predicted molar refractivity (Wildman–Crippen MR) is 83.8 cm³/mol. The minimum atomic E-state index is -0.723. The number of rotatable bonds is 2. The molecule has 1 aromatic carbocycles. The molecule has 1 atom stereocenters. The van der Waals surface area contributed by atoms with Gasteiger partial charge in [-0.25, -0.2) is 0 Å². The van der Waals surface area contributed by atoms with Crippen molar-refractivity contribution in [2.24, 2.45) is 5.92 Å². The second-order valence-corrected chi connectivity index (χ2v) is 6.88. The van der Waals surface area contributed by atoms with Crippen LogP contribution in [-0.2, 0) is 9.59 Å². The Balaban J connectivity index is 1.87. The van der Waals surface area contributed by atoms with Crippen LogP contribution in [0.25, 0.3) is 0 Å². The maximum atomic E-state index is 12.8. The van der Waals surface area contributed by atoms with Gasteiger partial charge in [0, 0.05) is 10.4 Å². The first-order valence-corrected chi connectivity index (χ1v) is 8.44. The predicted octanol–water partition coefficient (Wildman–Crippen LogP) is 3.09. The van der Waals surface area contributed by atoms with E-state index in [0.29, 0.717) is 5.06 Å². The number of carbonyl (C=O) groups excluding carboxylic acids is 2. The van der Waals surface area contributed by atoms with Gasteiger partial charge in [0.1, 0.15) is 6.54 Å². The molecule has 2 amide bonds. The standard InChI is InChI=1S/C16H19BrN2O3/c17-13-8-4-7-12(9-13)15-18(10-14(20)19(15)22)16(21)11-5-2-1-3-6-11/h4,7-9,11,15,22H,1-3,5-6,10H2. The fourth-order valence-electron chi connectivity index (χ4n) is 3.34. The van der Waals surface area contributed by atoms with Crippen LogP contribution in [0.15, 0.2) is 28.7 Å². The number of hydrogen-bond donors (Lipinski definition) is 1.